The van der Waals surface area contributed by atoms with Crippen LogP contribution in [0.25, 0.3) is 5.57 Å². The standard InChI is InChI=1S/C15H21NO/c1-4-11-16(14(3)17)12-10-13(2)15-8-6-5-7-9-15/h5-10H,4,11-12H2,1-3H3/b13-10-. The highest BCUT2D eigenvalue weighted by Gasteiger charge is 2.05. The van der Waals surface area contributed by atoms with Crippen molar-refractivity contribution in [2.24, 2.45) is 0 Å². The number of carbonyl (C=O) groups excluding carboxylic acids is 1. The summed E-state index contributed by atoms with van der Waals surface area (Å²) in [6.45, 7) is 7.32. The highest BCUT2D eigenvalue weighted by Crippen LogP contribution is 2.12. The first-order valence-corrected chi connectivity index (χ1v) is 6.12. The van der Waals surface area contributed by atoms with Crippen molar-refractivity contribution in [1.82, 2.24) is 4.90 Å². The molecule has 0 aliphatic carbocycles. The van der Waals surface area contributed by atoms with Crippen LogP contribution in [0.3, 0.4) is 0 Å². The van der Waals surface area contributed by atoms with E-state index in [0.29, 0.717) is 6.54 Å². The molecular formula is C15H21NO. The van der Waals surface area contributed by atoms with Gasteiger partial charge in [0.2, 0.25) is 5.91 Å². The number of benzene rings is 1. The fourth-order valence-electron chi connectivity index (χ4n) is 1.71. The van der Waals surface area contributed by atoms with Gasteiger partial charge in [0.25, 0.3) is 0 Å². The first kappa shape index (κ1) is 13.5. The fraction of sp³-hybridized carbons (Fsp3) is 0.400. The number of carbonyl (C=O) groups is 1. The van der Waals surface area contributed by atoms with E-state index in [4.69, 9.17) is 0 Å². The SMILES string of the molecule is CCCN(C/C=C(/C)c1ccccc1)C(C)=O. The third-order valence-electron chi connectivity index (χ3n) is 2.79. The van der Waals surface area contributed by atoms with Gasteiger partial charge in [-0.2, -0.15) is 0 Å². The zero-order valence-corrected chi connectivity index (χ0v) is 10.9. The van der Waals surface area contributed by atoms with Gasteiger partial charge < -0.3 is 4.90 Å². The van der Waals surface area contributed by atoms with E-state index < -0.39 is 0 Å². The van der Waals surface area contributed by atoms with Crippen molar-refractivity contribution in [2.45, 2.75) is 27.2 Å². The summed E-state index contributed by atoms with van der Waals surface area (Å²) in [6.07, 6.45) is 3.12. The highest BCUT2D eigenvalue weighted by molar-refractivity contribution is 5.74. The lowest BCUT2D eigenvalue weighted by Gasteiger charge is -2.18. The molecule has 0 saturated carbocycles. The molecule has 0 atom stereocenters. The van der Waals surface area contributed by atoms with Crippen LogP contribution in [0.2, 0.25) is 0 Å². The Morgan fingerprint density at radius 1 is 1.24 bits per heavy atom. The minimum Gasteiger partial charge on any atom is -0.339 e. The van der Waals surface area contributed by atoms with Gasteiger partial charge in [-0.25, -0.2) is 0 Å². The molecule has 0 heterocycles. The molecule has 0 aliphatic rings. The van der Waals surface area contributed by atoms with Gasteiger partial charge in [0, 0.05) is 20.0 Å². The lowest BCUT2D eigenvalue weighted by Crippen LogP contribution is -2.29. The molecule has 1 aromatic carbocycles. The average Bonchev–Trinajstić information content (AvgIpc) is 2.34. The Morgan fingerprint density at radius 2 is 1.88 bits per heavy atom. The minimum atomic E-state index is 0.143. The number of hydrogen-bond donors (Lipinski definition) is 0. The van der Waals surface area contributed by atoms with Gasteiger partial charge in [-0.05, 0) is 24.5 Å². The second kappa shape index (κ2) is 6.89. The molecule has 0 unspecified atom stereocenters. The molecule has 17 heavy (non-hydrogen) atoms. The van der Waals surface area contributed by atoms with Crippen molar-refractivity contribution >= 4 is 11.5 Å². The van der Waals surface area contributed by atoms with E-state index >= 15 is 0 Å². The number of nitrogens with zero attached hydrogens (tertiary/aromatic N) is 1. The van der Waals surface area contributed by atoms with Crippen LogP contribution in [0.15, 0.2) is 36.4 Å². The van der Waals surface area contributed by atoms with Gasteiger partial charge in [0.05, 0.1) is 0 Å². The van der Waals surface area contributed by atoms with E-state index in [1.165, 1.54) is 11.1 Å². The minimum absolute atomic E-state index is 0.143. The molecule has 1 rings (SSSR count). The monoisotopic (exact) mass is 231 g/mol. The summed E-state index contributed by atoms with van der Waals surface area (Å²) in [5.41, 5.74) is 2.43. The molecule has 0 bridgehead atoms. The lowest BCUT2D eigenvalue weighted by atomic mass is 10.1. The largest absolute Gasteiger partial charge is 0.339 e. The van der Waals surface area contributed by atoms with Gasteiger partial charge in [-0.3, -0.25) is 4.79 Å². The molecule has 0 aromatic heterocycles. The first-order chi connectivity index (χ1) is 8.15. The molecule has 2 nitrogen and oxygen atoms in total. The molecule has 92 valence electrons. The molecular weight excluding hydrogens is 210 g/mol. The van der Waals surface area contributed by atoms with E-state index in [2.05, 4.69) is 32.1 Å². The van der Waals surface area contributed by atoms with Gasteiger partial charge in [0.15, 0.2) is 0 Å². The Hall–Kier alpha value is -1.57. The smallest absolute Gasteiger partial charge is 0.219 e. The second-order valence-corrected chi connectivity index (χ2v) is 4.22. The fourth-order valence-corrected chi connectivity index (χ4v) is 1.71. The number of amides is 1. The Bertz CT molecular complexity index is 381. The van der Waals surface area contributed by atoms with Gasteiger partial charge in [-0.15, -0.1) is 0 Å². The summed E-state index contributed by atoms with van der Waals surface area (Å²) in [6, 6.07) is 10.2. The van der Waals surface area contributed by atoms with E-state index in [0.717, 1.165) is 13.0 Å². The molecule has 0 radical (unpaired) electrons. The lowest BCUT2D eigenvalue weighted by molar-refractivity contribution is -0.128. The zero-order valence-electron chi connectivity index (χ0n) is 10.9. The third kappa shape index (κ3) is 4.43. The van der Waals surface area contributed by atoms with Gasteiger partial charge in [0.1, 0.15) is 0 Å². The summed E-state index contributed by atoms with van der Waals surface area (Å²) in [7, 11) is 0. The molecule has 1 amide bonds. The Balaban J connectivity index is 2.66. The van der Waals surface area contributed by atoms with Crippen LogP contribution in [-0.2, 0) is 4.79 Å². The predicted octanol–water partition coefficient (Wildman–Crippen LogP) is 3.35. The first-order valence-electron chi connectivity index (χ1n) is 6.12. The second-order valence-electron chi connectivity index (χ2n) is 4.22. The molecule has 2 heteroatoms. The number of allylic oxidation sites excluding steroid dienone is 1. The van der Waals surface area contributed by atoms with Crippen LogP contribution < -0.4 is 0 Å². The summed E-state index contributed by atoms with van der Waals surface area (Å²) in [5.74, 6) is 0.143. The quantitative estimate of drug-likeness (QED) is 0.761. The van der Waals surface area contributed by atoms with Crippen LogP contribution >= 0.6 is 0 Å². The maximum Gasteiger partial charge on any atom is 0.219 e. The summed E-state index contributed by atoms with van der Waals surface area (Å²) in [4.78, 5) is 13.2. The topological polar surface area (TPSA) is 20.3 Å². The van der Waals surface area contributed by atoms with Crippen molar-refractivity contribution in [1.29, 1.82) is 0 Å². The normalized spacial score (nSPS) is 11.4. The zero-order chi connectivity index (χ0) is 12.7. The van der Waals surface area contributed by atoms with Crippen molar-refractivity contribution in [3.8, 4) is 0 Å². The van der Waals surface area contributed by atoms with E-state index in [1.807, 2.05) is 23.1 Å². The van der Waals surface area contributed by atoms with Crippen molar-refractivity contribution in [3.63, 3.8) is 0 Å². The number of hydrogen-bond acceptors (Lipinski definition) is 1. The maximum absolute atomic E-state index is 11.4. The van der Waals surface area contributed by atoms with Crippen molar-refractivity contribution < 1.29 is 4.79 Å². The Labute approximate surface area is 104 Å². The van der Waals surface area contributed by atoms with Crippen LogP contribution in [0.5, 0.6) is 0 Å². The molecule has 0 fully saturated rings. The van der Waals surface area contributed by atoms with E-state index in [1.54, 1.807) is 6.92 Å². The predicted molar refractivity (Wildman–Crippen MR) is 72.6 cm³/mol. The molecule has 0 saturated heterocycles. The summed E-state index contributed by atoms with van der Waals surface area (Å²) < 4.78 is 0. The van der Waals surface area contributed by atoms with E-state index in [-0.39, 0.29) is 5.91 Å². The molecule has 1 aromatic rings. The Morgan fingerprint density at radius 3 is 2.41 bits per heavy atom. The van der Waals surface area contributed by atoms with E-state index in [9.17, 15) is 4.79 Å². The van der Waals surface area contributed by atoms with Crippen molar-refractivity contribution in [2.75, 3.05) is 13.1 Å². The third-order valence-corrected chi connectivity index (χ3v) is 2.79. The van der Waals surface area contributed by atoms with Crippen molar-refractivity contribution in [3.05, 3.63) is 42.0 Å². The Kier molecular flexibility index (Phi) is 5.47. The summed E-state index contributed by atoms with van der Waals surface area (Å²) in [5, 5.41) is 0. The molecule has 0 aliphatic heterocycles. The molecule has 0 spiro atoms. The van der Waals surface area contributed by atoms with Crippen LogP contribution in [0.4, 0.5) is 0 Å². The highest BCUT2D eigenvalue weighted by atomic mass is 16.2. The van der Waals surface area contributed by atoms with Crippen LogP contribution in [0.1, 0.15) is 32.8 Å². The number of rotatable bonds is 5. The van der Waals surface area contributed by atoms with Gasteiger partial charge >= 0.3 is 0 Å². The van der Waals surface area contributed by atoms with Crippen LogP contribution in [0, 0.1) is 0 Å². The maximum atomic E-state index is 11.4. The molecule has 0 N–H and O–H groups in total. The summed E-state index contributed by atoms with van der Waals surface area (Å²) >= 11 is 0. The average molecular weight is 231 g/mol. The van der Waals surface area contributed by atoms with Gasteiger partial charge in [-0.1, -0.05) is 43.3 Å². The van der Waals surface area contributed by atoms with Crippen LogP contribution in [-0.4, -0.2) is 23.9 Å².